The van der Waals surface area contributed by atoms with Gasteiger partial charge in [0.05, 0.1) is 0 Å². The Morgan fingerprint density at radius 2 is 1.94 bits per heavy atom. The standard InChI is InChI=1S/C13H27NOS/c1-11(2)13(10-16)8-14-6-4-12(5-7-14)9-15-3/h11-13,16H,4-10H2,1-3H3. The molecule has 3 heteroatoms. The molecule has 0 saturated carbocycles. The van der Waals surface area contributed by atoms with Crippen molar-refractivity contribution in [2.75, 3.05) is 39.1 Å². The molecule has 1 atom stereocenters. The molecule has 0 N–H and O–H groups in total. The zero-order valence-corrected chi connectivity index (χ0v) is 11.9. The van der Waals surface area contributed by atoms with E-state index in [-0.39, 0.29) is 0 Å². The molecule has 1 saturated heterocycles. The fourth-order valence-electron chi connectivity index (χ4n) is 2.38. The van der Waals surface area contributed by atoms with E-state index in [1.54, 1.807) is 0 Å². The largest absolute Gasteiger partial charge is 0.384 e. The van der Waals surface area contributed by atoms with Crippen molar-refractivity contribution in [3.63, 3.8) is 0 Å². The maximum atomic E-state index is 5.23. The van der Waals surface area contributed by atoms with Gasteiger partial charge in [-0.3, -0.25) is 0 Å². The lowest BCUT2D eigenvalue weighted by molar-refractivity contribution is 0.0904. The van der Waals surface area contributed by atoms with E-state index in [9.17, 15) is 0 Å². The van der Waals surface area contributed by atoms with Gasteiger partial charge < -0.3 is 9.64 Å². The molecule has 1 aliphatic rings. The third-order valence-corrected chi connectivity index (χ3v) is 4.25. The normalized spacial score (nSPS) is 21.6. The van der Waals surface area contributed by atoms with E-state index in [1.807, 2.05) is 7.11 Å². The molecule has 1 heterocycles. The zero-order valence-electron chi connectivity index (χ0n) is 11.0. The van der Waals surface area contributed by atoms with Crippen LogP contribution in [0, 0.1) is 17.8 Å². The monoisotopic (exact) mass is 245 g/mol. The summed E-state index contributed by atoms with van der Waals surface area (Å²) in [4.78, 5) is 2.60. The van der Waals surface area contributed by atoms with E-state index in [0.717, 1.165) is 30.1 Å². The van der Waals surface area contributed by atoms with Gasteiger partial charge in [0.1, 0.15) is 0 Å². The summed E-state index contributed by atoms with van der Waals surface area (Å²) in [5.74, 6) is 3.28. The van der Waals surface area contributed by atoms with Gasteiger partial charge in [0, 0.05) is 20.3 Å². The number of ether oxygens (including phenoxy) is 1. The SMILES string of the molecule is COCC1CCN(CC(CS)C(C)C)CC1. The third kappa shape index (κ3) is 4.64. The van der Waals surface area contributed by atoms with Gasteiger partial charge in [-0.2, -0.15) is 12.6 Å². The van der Waals surface area contributed by atoms with E-state index in [0.29, 0.717) is 0 Å². The number of hydrogen-bond donors (Lipinski definition) is 1. The average molecular weight is 245 g/mol. The first-order chi connectivity index (χ1) is 7.67. The molecule has 96 valence electrons. The summed E-state index contributed by atoms with van der Waals surface area (Å²) in [5, 5.41) is 0. The van der Waals surface area contributed by atoms with Crippen LogP contribution >= 0.6 is 12.6 Å². The average Bonchev–Trinajstić information content (AvgIpc) is 2.28. The third-order valence-electron chi connectivity index (χ3n) is 3.78. The number of rotatable bonds is 6. The molecule has 0 aromatic carbocycles. The molecule has 0 aromatic heterocycles. The van der Waals surface area contributed by atoms with Gasteiger partial charge >= 0.3 is 0 Å². The summed E-state index contributed by atoms with van der Waals surface area (Å²) >= 11 is 4.46. The summed E-state index contributed by atoms with van der Waals surface area (Å²) < 4.78 is 5.23. The van der Waals surface area contributed by atoms with Crippen LogP contribution in [0.1, 0.15) is 26.7 Å². The molecule has 2 nitrogen and oxygen atoms in total. The Kier molecular flexibility index (Phi) is 6.78. The minimum absolute atomic E-state index is 0.738. The summed E-state index contributed by atoms with van der Waals surface area (Å²) in [6.07, 6.45) is 2.59. The van der Waals surface area contributed by atoms with Crippen molar-refractivity contribution in [3.05, 3.63) is 0 Å². The highest BCUT2D eigenvalue weighted by atomic mass is 32.1. The molecule has 0 radical (unpaired) electrons. The molecule has 0 bridgehead atoms. The molecule has 1 fully saturated rings. The van der Waals surface area contributed by atoms with Crippen molar-refractivity contribution in [1.82, 2.24) is 4.90 Å². The fourth-order valence-corrected chi connectivity index (χ4v) is 2.92. The van der Waals surface area contributed by atoms with Gasteiger partial charge in [0.15, 0.2) is 0 Å². The van der Waals surface area contributed by atoms with Gasteiger partial charge in [0.25, 0.3) is 0 Å². The van der Waals surface area contributed by atoms with Crippen LogP contribution in [0.4, 0.5) is 0 Å². The number of piperidine rings is 1. The van der Waals surface area contributed by atoms with Crippen molar-refractivity contribution >= 4 is 12.6 Å². The lowest BCUT2D eigenvalue weighted by Crippen LogP contribution is -2.39. The van der Waals surface area contributed by atoms with Crippen LogP contribution in [0.5, 0.6) is 0 Å². The molecular formula is C13H27NOS. The lowest BCUT2D eigenvalue weighted by Gasteiger charge is -2.34. The first-order valence-corrected chi connectivity index (χ1v) is 7.12. The summed E-state index contributed by atoms with van der Waals surface area (Å²) in [6, 6.07) is 0. The highest BCUT2D eigenvalue weighted by Gasteiger charge is 2.22. The minimum Gasteiger partial charge on any atom is -0.384 e. The van der Waals surface area contributed by atoms with E-state index in [4.69, 9.17) is 4.74 Å². The highest BCUT2D eigenvalue weighted by molar-refractivity contribution is 7.80. The number of thiol groups is 1. The van der Waals surface area contributed by atoms with Gasteiger partial charge in [-0.25, -0.2) is 0 Å². The Hall–Kier alpha value is 0.270. The van der Waals surface area contributed by atoms with E-state index < -0.39 is 0 Å². The lowest BCUT2D eigenvalue weighted by atomic mass is 9.93. The second-order valence-electron chi connectivity index (χ2n) is 5.39. The smallest absolute Gasteiger partial charge is 0.0491 e. The number of nitrogens with zero attached hydrogens (tertiary/aromatic N) is 1. The maximum absolute atomic E-state index is 5.23. The van der Waals surface area contributed by atoms with Crippen LogP contribution in [0.2, 0.25) is 0 Å². The van der Waals surface area contributed by atoms with Gasteiger partial charge in [-0.1, -0.05) is 13.8 Å². The predicted octanol–water partition coefficient (Wildman–Crippen LogP) is 2.55. The van der Waals surface area contributed by atoms with Crippen molar-refractivity contribution < 1.29 is 4.74 Å². The number of likely N-dealkylation sites (tertiary alicyclic amines) is 1. The van der Waals surface area contributed by atoms with Crippen LogP contribution in [0.25, 0.3) is 0 Å². The van der Waals surface area contributed by atoms with Crippen molar-refractivity contribution in [2.45, 2.75) is 26.7 Å². The quantitative estimate of drug-likeness (QED) is 0.722. The second kappa shape index (κ2) is 7.57. The molecule has 0 spiro atoms. The molecule has 1 unspecified atom stereocenters. The van der Waals surface area contributed by atoms with E-state index >= 15 is 0 Å². The molecule has 16 heavy (non-hydrogen) atoms. The summed E-state index contributed by atoms with van der Waals surface area (Å²) in [7, 11) is 1.81. The number of methoxy groups -OCH3 is 1. The topological polar surface area (TPSA) is 12.5 Å². The molecular weight excluding hydrogens is 218 g/mol. The Balaban J connectivity index is 2.25. The number of hydrogen-bond acceptors (Lipinski definition) is 3. The van der Waals surface area contributed by atoms with Crippen LogP contribution < -0.4 is 0 Å². The first-order valence-electron chi connectivity index (χ1n) is 6.49. The molecule has 0 aliphatic carbocycles. The Labute approximate surface area is 106 Å². The Morgan fingerprint density at radius 1 is 1.31 bits per heavy atom. The van der Waals surface area contributed by atoms with Crippen LogP contribution in [0.3, 0.4) is 0 Å². The van der Waals surface area contributed by atoms with Gasteiger partial charge in [0.2, 0.25) is 0 Å². The van der Waals surface area contributed by atoms with E-state index in [2.05, 4.69) is 31.4 Å². The fraction of sp³-hybridized carbons (Fsp3) is 1.00. The molecule has 0 aromatic rings. The summed E-state index contributed by atoms with van der Waals surface area (Å²) in [6.45, 7) is 9.25. The van der Waals surface area contributed by atoms with Crippen molar-refractivity contribution in [2.24, 2.45) is 17.8 Å². The predicted molar refractivity (Wildman–Crippen MR) is 73.2 cm³/mol. The molecule has 0 amide bonds. The minimum atomic E-state index is 0.738. The Bertz CT molecular complexity index is 179. The molecule has 1 aliphatic heterocycles. The maximum Gasteiger partial charge on any atom is 0.0491 e. The second-order valence-corrected chi connectivity index (χ2v) is 5.75. The van der Waals surface area contributed by atoms with Crippen LogP contribution in [-0.4, -0.2) is 44.0 Å². The van der Waals surface area contributed by atoms with Crippen LogP contribution in [0.15, 0.2) is 0 Å². The van der Waals surface area contributed by atoms with Crippen molar-refractivity contribution in [1.29, 1.82) is 0 Å². The summed E-state index contributed by atoms with van der Waals surface area (Å²) in [5.41, 5.74) is 0. The van der Waals surface area contributed by atoms with Crippen molar-refractivity contribution in [3.8, 4) is 0 Å². The Morgan fingerprint density at radius 3 is 2.38 bits per heavy atom. The van der Waals surface area contributed by atoms with Gasteiger partial charge in [-0.15, -0.1) is 0 Å². The first kappa shape index (κ1) is 14.3. The zero-order chi connectivity index (χ0) is 12.0. The van der Waals surface area contributed by atoms with Crippen LogP contribution in [-0.2, 0) is 4.74 Å². The molecule has 1 rings (SSSR count). The van der Waals surface area contributed by atoms with E-state index in [1.165, 1.54) is 32.5 Å². The highest BCUT2D eigenvalue weighted by Crippen LogP contribution is 2.21. The van der Waals surface area contributed by atoms with Gasteiger partial charge in [-0.05, 0) is 49.4 Å².